The van der Waals surface area contributed by atoms with Crippen LogP contribution in [0.1, 0.15) is 30.5 Å². The van der Waals surface area contributed by atoms with E-state index in [9.17, 15) is 0 Å². The Morgan fingerprint density at radius 3 is 2.57 bits per heavy atom. The number of aryl methyl sites for hydroxylation is 1. The third kappa shape index (κ3) is 4.59. The first-order chi connectivity index (χ1) is 10.1. The van der Waals surface area contributed by atoms with Crippen LogP contribution in [0.15, 0.2) is 42.5 Å². The molecule has 21 heavy (non-hydrogen) atoms. The highest BCUT2D eigenvalue weighted by Crippen LogP contribution is 2.26. The number of hydrogen-bond donors (Lipinski definition) is 2. The Kier molecular flexibility index (Phi) is 5.37. The molecular weight excluding hydrogens is 262 g/mol. The summed E-state index contributed by atoms with van der Waals surface area (Å²) in [5.41, 5.74) is 3.20. The molecule has 3 nitrogen and oxygen atoms in total. The standard InChI is InChI=1S/C18H23NO2/c1-13(2)19-11-15-7-8-18(14(3)9-15)21-17-6-4-5-16(10-17)12-20/h4-10,13,19-20H,11-12H2,1-3H3. The fourth-order valence-electron chi connectivity index (χ4n) is 2.09. The molecule has 0 saturated heterocycles. The second kappa shape index (κ2) is 7.25. The average molecular weight is 285 g/mol. The number of aliphatic hydroxyl groups excluding tert-OH is 1. The van der Waals surface area contributed by atoms with Crippen molar-refractivity contribution in [3.05, 3.63) is 59.2 Å². The Morgan fingerprint density at radius 2 is 1.90 bits per heavy atom. The second-order valence-corrected chi connectivity index (χ2v) is 5.54. The predicted molar refractivity (Wildman–Crippen MR) is 85.6 cm³/mol. The van der Waals surface area contributed by atoms with Crippen molar-refractivity contribution < 1.29 is 9.84 Å². The highest BCUT2D eigenvalue weighted by molar-refractivity contribution is 5.40. The van der Waals surface area contributed by atoms with Gasteiger partial charge in [0, 0.05) is 12.6 Å². The van der Waals surface area contributed by atoms with Crippen molar-refractivity contribution in [2.75, 3.05) is 0 Å². The van der Waals surface area contributed by atoms with Crippen molar-refractivity contribution in [1.82, 2.24) is 5.32 Å². The maximum Gasteiger partial charge on any atom is 0.130 e. The van der Waals surface area contributed by atoms with Gasteiger partial charge in [0.15, 0.2) is 0 Å². The van der Waals surface area contributed by atoms with Gasteiger partial charge in [0.25, 0.3) is 0 Å². The molecule has 0 aromatic heterocycles. The summed E-state index contributed by atoms with van der Waals surface area (Å²) in [5, 5.41) is 12.6. The summed E-state index contributed by atoms with van der Waals surface area (Å²) in [6, 6.07) is 14.2. The molecule has 2 aromatic rings. The van der Waals surface area contributed by atoms with Crippen molar-refractivity contribution in [3.63, 3.8) is 0 Å². The topological polar surface area (TPSA) is 41.5 Å². The van der Waals surface area contributed by atoms with Gasteiger partial charge in [-0.05, 0) is 41.8 Å². The van der Waals surface area contributed by atoms with Crippen molar-refractivity contribution in [2.45, 2.75) is 40.0 Å². The minimum absolute atomic E-state index is 0.0238. The number of aliphatic hydroxyl groups is 1. The Morgan fingerprint density at radius 1 is 1.10 bits per heavy atom. The van der Waals surface area contributed by atoms with E-state index in [2.05, 4.69) is 31.3 Å². The summed E-state index contributed by atoms with van der Waals surface area (Å²) in [6.45, 7) is 7.20. The van der Waals surface area contributed by atoms with E-state index in [1.165, 1.54) is 5.56 Å². The van der Waals surface area contributed by atoms with E-state index in [-0.39, 0.29) is 6.61 Å². The Bertz CT molecular complexity index is 594. The molecule has 2 N–H and O–H groups in total. The lowest BCUT2D eigenvalue weighted by Gasteiger charge is -2.12. The van der Waals surface area contributed by atoms with Gasteiger partial charge in [-0.3, -0.25) is 0 Å². The lowest BCUT2D eigenvalue weighted by Crippen LogP contribution is -2.21. The predicted octanol–water partition coefficient (Wildman–Crippen LogP) is 3.78. The maximum atomic E-state index is 9.16. The molecule has 0 radical (unpaired) electrons. The third-order valence-corrected chi connectivity index (χ3v) is 3.26. The molecule has 0 aliphatic heterocycles. The van der Waals surface area contributed by atoms with Crippen LogP contribution in [0.5, 0.6) is 11.5 Å². The molecule has 0 spiro atoms. The van der Waals surface area contributed by atoms with E-state index in [1.54, 1.807) is 0 Å². The monoisotopic (exact) mass is 285 g/mol. The zero-order valence-electron chi connectivity index (χ0n) is 12.9. The van der Waals surface area contributed by atoms with Gasteiger partial charge in [0.05, 0.1) is 6.61 Å². The van der Waals surface area contributed by atoms with Gasteiger partial charge in [-0.1, -0.05) is 38.1 Å². The van der Waals surface area contributed by atoms with Crippen LogP contribution in [0.2, 0.25) is 0 Å². The smallest absolute Gasteiger partial charge is 0.130 e. The maximum absolute atomic E-state index is 9.16. The molecule has 0 bridgehead atoms. The molecule has 0 aliphatic carbocycles. The van der Waals surface area contributed by atoms with Crippen molar-refractivity contribution in [1.29, 1.82) is 0 Å². The summed E-state index contributed by atoms with van der Waals surface area (Å²) in [5.74, 6) is 1.59. The van der Waals surface area contributed by atoms with E-state index in [1.807, 2.05) is 37.3 Å². The zero-order chi connectivity index (χ0) is 15.2. The van der Waals surface area contributed by atoms with E-state index < -0.39 is 0 Å². The van der Waals surface area contributed by atoms with E-state index in [0.717, 1.165) is 29.2 Å². The number of benzene rings is 2. The number of ether oxygens (including phenoxy) is 1. The second-order valence-electron chi connectivity index (χ2n) is 5.54. The molecule has 0 fully saturated rings. The van der Waals surface area contributed by atoms with Gasteiger partial charge in [0.1, 0.15) is 11.5 Å². The van der Waals surface area contributed by atoms with Gasteiger partial charge < -0.3 is 15.2 Å². The zero-order valence-corrected chi connectivity index (χ0v) is 12.9. The first-order valence-electron chi connectivity index (χ1n) is 7.29. The molecule has 2 aromatic carbocycles. The molecule has 3 heteroatoms. The highest BCUT2D eigenvalue weighted by atomic mass is 16.5. The quantitative estimate of drug-likeness (QED) is 0.848. The van der Waals surface area contributed by atoms with Crippen LogP contribution in [-0.2, 0) is 13.2 Å². The van der Waals surface area contributed by atoms with Crippen molar-refractivity contribution in [2.24, 2.45) is 0 Å². The fourth-order valence-corrected chi connectivity index (χ4v) is 2.09. The third-order valence-electron chi connectivity index (χ3n) is 3.26. The minimum atomic E-state index is 0.0238. The average Bonchev–Trinajstić information content (AvgIpc) is 2.48. The lowest BCUT2D eigenvalue weighted by molar-refractivity contribution is 0.281. The molecule has 0 amide bonds. The SMILES string of the molecule is Cc1cc(CNC(C)C)ccc1Oc1cccc(CO)c1. The molecule has 0 saturated carbocycles. The Balaban J connectivity index is 2.09. The van der Waals surface area contributed by atoms with Gasteiger partial charge in [-0.2, -0.15) is 0 Å². The van der Waals surface area contributed by atoms with Crippen LogP contribution in [0.4, 0.5) is 0 Å². The normalized spacial score (nSPS) is 10.9. The van der Waals surface area contributed by atoms with Gasteiger partial charge >= 0.3 is 0 Å². The van der Waals surface area contributed by atoms with Crippen LogP contribution >= 0.6 is 0 Å². The van der Waals surface area contributed by atoms with Gasteiger partial charge in [-0.25, -0.2) is 0 Å². The fraction of sp³-hybridized carbons (Fsp3) is 0.333. The highest BCUT2D eigenvalue weighted by Gasteiger charge is 2.04. The Hall–Kier alpha value is -1.84. The number of nitrogens with one attached hydrogen (secondary N) is 1. The van der Waals surface area contributed by atoms with Crippen molar-refractivity contribution >= 4 is 0 Å². The van der Waals surface area contributed by atoms with Crippen LogP contribution < -0.4 is 10.1 Å². The Labute approximate surface area is 126 Å². The first kappa shape index (κ1) is 15.5. The van der Waals surface area contributed by atoms with E-state index in [4.69, 9.17) is 9.84 Å². The van der Waals surface area contributed by atoms with Crippen LogP contribution in [0.25, 0.3) is 0 Å². The molecule has 0 unspecified atom stereocenters. The molecule has 0 atom stereocenters. The summed E-state index contributed by atoms with van der Waals surface area (Å²) < 4.78 is 5.90. The summed E-state index contributed by atoms with van der Waals surface area (Å²) in [7, 11) is 0. The van der Waals surface area contributed by atoms with Crippen LogP contribution in [0.3, 0.4) is 0 Å². The van der Waals surface area contributed by atoms with E-state index in [0.29, 0.717) is 6.04 Å². The lowest BCUT2D eigenvalue weighted by atomic mass is 10.1. The van der Waals surface area contributed by atoms with E-state index >= 15 is 0 Å². The first-order valence-corrected chi connectivity index (χ1v) is 7.29. The molecule has 0 aliphatic rings. The molecule has 2 rings (SSSR count). The number of rotatable bonds is 6. The van der Waals surface area contributed by atoms with Crippen LogP contribution in [0, 0.1) is 6.92 Å². The van der Waals surface area contributed by atoms with Crippen molar-refractivity contribution in [3.8, 4) is 11.5 Å². The van der Waals surface area contributed by atoms with Crippen LogP contribution in [-0.4, -0.2) is 11.1 Å². The van der Waals surface area contributed by atoms with Gasteiger partial charge in [0.2, 0.25) is 0 Å². The molecule has 0 heterocycles. The summed E-state index contributed by atoms with van der Waals surface area (Å²) >= 11 is 0. The largest absolute Gasteiger partial charge is 0.457 e. The van der Waals surface area contributed by atoms with Gasteiger partial charge in [-0.15, -0.1) is 0 Å². The number of hydrogen-bond acceptors (Lipinski definition) is 3. The molecule has 112 valence electrons. The summed E-state index contributed by atoms with van der Waals surface area (Å²) in [6.07, 6.45) is 0. The molecular formula is C18H23NO2. The summed E-state index contributed by atoms with van der Waals surface area (Å²) in [4.78, 5) is 0. The minimum Gasteiger partial charge on any atom is -0.457 e.